The van der Waals surface area contributed by atoms with Crippen LogP contribution >= 0.6 is 11.3 Å². The van der Waals surface area contributed by atoms with Gasteiger partial charge >= 0.3 is 0 Å². The Balaban J connectivity index is 1.86. The summed E-state index contributed by atoms with van der Waals surface area (Å²) in [7, 11) is 0. The lowest BCUT2D eigenvalue weighted by Crippen LogP contribution is -2.23. The van der Waals surface area contributed by atoms with E-state index >= 15 is 0 Å². The maximum Gasteiger partial charge on any atom is 0.0794 e. The molecule has 1 N–H and O–H groups in total. The van der Waals surface area contributed by atoms with Crippen LogP contribution in [0.4, 0.5) is 0 Å². The van der Waals surface area contributed by atoms with Crippen LogP contribution in [0.1, 0.15) is 36.2 Å². The zero-order chi connectivity index (χ0) is 12.1. The molecule has 0 aliphatic rings. The largest absolute Gasteiger partial charge is 0.309 e. The van der Waals surface area contributed by atoms with Crippen molar-refractivity contribution >= 4 is 11.3 Å². The van der Waals surface area contributed by atoms with Crippen LogP contribution < -0.4 is 5.32 Å². The lowest BCUT2D eigenvalue weighted by molar-refractivity contribution is 0.542. The molecule has 1 heterocycles. The summed E-state index contributed by atoms with van der Waals surface area (Å²) in [5.74, 6) is 0.534. The quantitative estimate of drug-likeness (QED) is 0.872. The molecule has 17 heavy (non-hydrogen) atoms. The molecule has 1 aromatic carbocycles. The van der Waals surface area contributed by atoms with Gasteiger partial charge in [0, 0.05) is 23.7 Å². The number of thiazole rings is 1. The summed E-state index contributed by atoms with van der Waals surface area (Å²) < 4.78 is 0. The second-order valence-electron chi connectivity index (χ2n) is 4.35. The molecule has 3 heteroatoms. The maximum absolute atomic E-state index is 4.11. The first-order chi connectivity index (χ1) is 8.27. The normalized spacial score (nSPS) is 14.5. The maximum atomic E-state index is 4.11. The fourth-order valence-corrected chi connectivity index (χ4v) is 2.45. The number of hydrogen-bond donors (Lipinski definition) is 1. The molecule has 2 atom stereocenters. The van der Waals surface area contributed by atoms with Crippen molar-refractivity contribution < 1.29 is 0 Å². The molecule has 90 valence electrons. The summed E-state index contributed by atoms with van der Waals surface area (Å²) in [5, 5.41) is 3.55. The summed E-state index contributed by atoms with van der Waals surface area (Å²) in [6.07, 6.45) is 1.94. The van der Waals surface area contributed by atoms with E-state index in [0.717, 1.165) is 6.54 Å². The molecule has 0 bridgehead atoms. The van der Waals surface area contributed by atoms with E-state index in [0.29, 0.717) is 12.0 Å². The smallest absolute Gasteiger partial charge is 0.0794 e. The van der Waals surface area contributed by atoms with Gasteiger partial charge in [-0.25, -0.2) is 0 Å². The average Bonchev–Trinajstić information content (AvgIpc) is 2.90. The lowest BCUT2D eigenvalue weighted by atomic mass is 10.0. The molecule has 0 aliphatic carbocycles. The van der Waals surface area contributed by atoms with Crippen LogP contribution in [0.3, 0.4) is 0 Å². The van der Waals surface area contributed by atoms with Gasteiger partial charge in [0.15, 0.2) is 0 Å². The first-order valence-electron chi connectivity index (χ1n) is 5.94. The average molecular weight is 246 g/mol. The van der Waals surface area contributed by atoms with Crippen molar-refractivity contribution in [1.29, 1.82) is 0 Å². The van der Waals surface area contributed by atoms with Crippen molar-refractivity contribution in [3.63, 3.8) is 0 Å². The summed E-state index contributed by atoms with van der Waals surface area (Å²) in [5.41, 5.74) is 3.27. The molecule has 0 amide bonds. The second kappa shape index (κ2) is 5.94. The van der Waals surface area contributed by atoms with Crippen molar-refractivity contribution in [2.24, 2.45) is 0 Å². The Hall–Kier alpha value is -1.19. The van der Waals surface area contributed by atoms with Gasteiger partial charge in [-0.2, -0.15) is 0 Å². The predicted octanol–water partition coefficient (Wildman–Crippen LogP) is 3.60. The molecule has 0 fully saturated rings. The molecule has 2 nitrogen and oxygen atoms in total. The number of rotatable bonds is 5. The van der Waals surface area contributed by atoms with Crippen molar-refractivity contribution in [3.05, 3.63) is 52.5 Å². The van der Waals surface area contributed by atoms with Crippen LogP contribution in [0.2, 0.25) is 0 Å². The van der Waals surface area contributed by atoms with Crippen LogP contribution in [-0.2, 0) is 0 Å². The van der Waals surface area contributed by atoms with Gasteiger partial charge in [0.2, 0.25) is 0 Å². The van der Waals surface area contributed by atoms with E-state index in [1.54, 1.807) is 11.3 Å². The zero-order valence-corrected chi connectivity index (χ0v) is 11.1. The fraction of sp³-hybridized carbons (Fsp3) is 0.357. The van der Waals surface area contributed by atoms with E-state index < -0.39 is 0 Å². The topological polar surface area (TPSA) is 24.9 Å². The van der Waals surface area contributed by atoms with Crippen molar-refractivity contribution in [2.45, 2.75) is 25.8 Å². The molecule has 1 aromatic heterocycles. The summed E-state index contributed by atoms with van der Waals surface area (Å²) in [6.45, 7) is 5.43. The molecule has 0 saturated heterocycles. The van der Waals surface area contributed by atoms with Crippen LogP contribution in [0.15, 0.2) is 42.0 Å². The fourth-order valence-electron chi connectivity index (χ4n) is 1.79. The standard InChI is InChI=1S/C14H18N2S/c1-11(13-6-4-3-5-7-13)8-16-12(2)14-9-15-10-17-14/h3-7,9-12,16H,8H2,1-2H3. The van der Waals surface area contributed by atoms with Gasteiger partial charge in [-0.05, 0) is 18.4 Å². The minimum absolute atomic E-state index is 0.383. The molecule has 2 rings (SSSR count). The highest BCUT2D eigenvalue weighted by atomic mass is 32.1. The van der Waals surface area contributed by atoms with E-state index in [9.17, 15) is 0 Å². The van der Waals surface area contributed by atoms with Crippen LogP contribution in [-0.4, -0.2) is 11.5 Å². The Morgan fingerprint density at radius 2 is 2.00 bits per heavy atom. The van der Waals surface area contributed by atoms with Gasteiger partial charge in [-0.1, -0.05) is 37.3 Å². The van der Waals surface area contributed by atoms with Gasteiger partial charge in [0.05, 0.1) is 5.51 Å². The first kappa shape index (κ1) is 12.3. The number of aromatic nitrogens is 1. The molecule has 2 aromatic rings. The SMILES string of the molecule is CC(CNC(C)c1cncs1)c1ccccc1. The molecule has 0 spiro atoms. The third kappa shape index (κ3) is 3.38. The predicted molar refractivity (Wildman–Crippen MR) is 73.4 cm³/mol. The minimum atomic E-state index is 0.383. The van der Waals surface area contributed by atoms with Crippen molar-refractivity contribution in [2.75, 3.05) is 6.54 Å². The lowest BCUT2D eigenvalue weighted by Gasteiger charge is -2.16. The van der Waals surface area contributed by atoms with Gasteiger partial charge < -0.3 is 5.32 Å². The van der Waals surface area contributed by atoms with Crippen molar-refractivity contribution in [1.82, 2.24) is 10.3 Å². The van der Waals surface area contributed by atoms with E-state index in [1.165, 1.54) is 10.4 Å². The van der Waals surface area contributed by atoms with Crippen molar-refractivity contribution in [3.8, 4) is 0 Å². The third-order valence-corrected chi connectivity index (χ3v) is 3.94. The Kier molecular flexibility index (Phi) is 4.29. The van der Waals surface area contributed by atoms with Gasteiger partial charge in [-0.15, -0.1) is 11.3 Å². The second-order valence-corrected chi connectivity index (χ2v) is 5.26. The Labute approximate surface area is 107 Å². The monoisotopic (exact) mass is 246 g/mol. The number of nitrogens with zero attached hydrogens (tertiary/aromatic N) is 1. The van der Waals surface area contributed by atoms with E-state index in [2.05, 4.69) is 54.5 Å². The van der Waals surface area contributed by atoms with E-state index in [-0.39, 0.29) is 0 Å². The third-order valence-electron chi connectivity index (χ3n) is 2.98. The molecular formula is C14H18N2S. The summed E-state index contributed by atoms with van der Waals surface area (Å²) in [4.78, 5) is 5.40. The van der Waals surface area contributed by atoms with Crippen LogP contribution in [0.5, 0.6) is 0 Å². The first-order valence-corrected chi connectivity index (χ1v) is 6.82. The van der Waals surface area contributed by atoms with E-state index in [4.69, 9.17) is 0 Å². The van der Waals surface area contributed by atoms with Crippen LogP contribution in [0.25, 0.3) is 0 Å². The van der Waals surface area contributed by atoms with Gasteiger partial charge in [-0.3, -0.25) is 4.98 Å². The van der Waals surface area contributed by atoms with E-state index in [1.807, 2.05) is 11.7 Å². The molecule has 0 radical (unpaired) electrons. The number of nitrogens with one attached hydrogen (secondary N) is 1. The molecular weight excluding hydrogens is 228 g/mol. The highest BCUT2D eigenvalue weighted by molar-refractivity contribution is 7.09. The number of hydrogen-bond acceptors (Lipinski definition) is 3. The van der Waals surface area contributed by atoms with Gasteiger partial charge in [0.25, 0.3) is 0 Å². The Morgan fingerprint density at radius 1 is 1.24 bits per heavy atom. The number of benzene rings is 1. The molecule has 0 saturated carbocycles. The zero-order valence-electron chi connectivity index (χ0n) is 10.3. The summed E-state index contributed by atoms with van der Waals surface area (Å²) >= 11 is 1.70. The summed E-state index contributed by atoms with van der Waals surface area (Å²) in [6, 6.07) is 11.0. The molecule has 2 unspecified atom stereocenters. The minimum Gasteiger partial charge on any atom is -0.309 e. The Morgan fingerprint density at radius 3 is 2.65 bits per heavy atom. The van der Waals surface area contributed by atoms with Gasteiger partial charge in [0.1, 0.15) is 0 Å². The Bertz CT molecular complexity index is 425. The highest BCUT2D eigenvalue weighted by Gasteiger charge is 2.09. The molecule has 0 aliphatic heterocycles. The highest BCUT2D eigenvalue weighted by Crippen LogP contribution is 2.18. The van der Waals surface area contributed by atoms with Crippen LogP contribution in [0, 0.1) is 0 Å².